The summed E-state index contributed by atoms with van der Waals surface area (Å²) in [4.78, 5) is 1.36. The fourth-order valence-corrected chi connectivity index (χ4v) is 2.42. The molecule has 2 unspecified atom stereocenters. The second-order valence-electron chi connectivity index (χ2n) is 4.55. The molecule has 0 amide bonds. The van der Waals surface area contributed by atoms with Gasteiger partial charge in [0, 0.05) is 5.92 Å². The summed E-state index contributed by atoms with van der Waals surface area (Å²) in [5.74, 6) is 0.551. The molecule has 2 atom stereocenters. The fraction of sp³-hybridized carbons (Fsp3) is 0.462. The van der Waals surface area contributed by atoms with Crippen molar-refractivity contribution >= 4 is 0 Å². The normalized spacial score (nSPS) is 26.5. The van der Waals surface area contributed by atoms with Gasteiger partial charge in [0.15, 0.2) is 0 Å². The molecular weight excluding hydrogens is 189 g/mol. The number of likely N-dealkylation sites (tertiary alicyclic amines) is 1. The first-order valence-corrected chi connectivity index (χ1v) is 5.65. The highest BCUT2D eigenvalue weighted by molar-refractivity contribution is 5.16. The molecule has 82 valence electrons. The van der Waals surface area contributed by atoms with Gasteiger partial charge in [0.05, 0.1) is 13.1 Å². The van der Waals surface area contributed by atoms with E-state index in [-0.39, 0.29) is 5.82 Å². The number of quaternary nitrogens is 1. The van der Waals surface area contributed by atoms with Gasteiger partial charge in [0.2, 0.25) is 0 Å². The van der Waals surface area contributed by atoms with E-state index in [4.69, 9.17) is 0 Å². The van der Waals surface area contributed by atoms with Crippen LogP contribution in [-0.2, 0) is 6.42 Å². The molecule has 1 saturated heterocycles. The van der Waals surface area contributed by atoms with Crippen LogP contribution in [0.4, 0.5) is 4.39 Å². The lowest BCUT2D eigenvalue weighted by molar-refractivity contribution is -0.863. The van der Waals surface area contributed by atoms with Crippen LogP contribution >= 0.6 is 0 Å². The molecule has 2 heteroatoms. The van der Waals surface area contributed by atoms with Crippen LogP contribution in [0.25, 0.3) is 0 Å². The molecule has 1 aliphatic rings. The Labute approximate surface area is 90.9 Å². The Hall–Kier alpha value is -0.890. The van der Waals surface area contributed by atoms with Crippen molar-refractivity contribution in [2.45, 2.75) is 19.3 Å². The zero-order chi connectivity index (χ0) is 10.7. The highest BCUT2D eigenvalue weighted by Crippen LogP contribution is 2.15. The van der Waals surface area contributed by atoms with Gasteiger partial charge in [-0.1, -0.05) is 12.1 Å². The van der Waals surface area contributed by atoms with Crippen molar-refractivity contribution in [3.05, 3.63) is 42.7 Å². The second kappa shape index (κ2) is 4.75. The van der Waals surface area contributed by atoms with Gasteiger partial charge in [0.1, 0.15) is 5.82 Å². The van der Waals surface area contributed by atoms with Gasteiger partial charge < -0.3 is 4.90 Å². The van der Waals surface area contributed by atoms with E-state index in [1.54, 1.807) is 12.1 Å². The molecule has 2 rings (SSSR count). The number of halogens is 1. The third kappa shape index (κ3) is 3.03. The Balaban J connectivity index is 1.96. The van der Waals surface area contributed by atoms with Gasteiger partial charge in [-0.05, 0) is 37.0 Å². The van der Waals surface area contributed by atoms with Crippen molar-refractivity contribution in [1.82, 2.24) is 0 Å². The molecule has 1 aromatic rings. The number of hydrogen-bond donors (Lipinski definition) is 1. The predicted octanol–water partition coefficient (Wildman–Crippen LogP) is 1.45. The number of piperidine rings is 1. The lowest BCUT2D eigenvalue weighted by atomic mass is 9.91. The number of rotatable bonds is 2. The molecule has 1 aliphatic heterocycles. The minimum atomic E-state index is -0.123. The zero-order valence-electron chi connectivity index (χ0n) is 9.01. The summed E-state index contributed by atoms with van der Waals surface area (Å²) < 4.78 is 13.0. The first kappa shape index (κ1) is 10.6. The first-order chi connectivity index (χ1) is 7.24. The van der Waals surface area contributed by atoms with Crippen LogP contribution in [0.15, 0.2) is 24.3 Å². The second-order valence-corrected chi connectivity index (χ2v) is 4.55. The van der Waals surface area contributed by atoms with Crippen molar-refractivity contribution < 1.29 is 9.29 Å². The molecule has 15 heavy (non-hydrogen) atoms. The topological polar surface area (TPSA) is 4.44 Å². The number of benzene rings is 1. The van der Waals surface area contributed by atoms with Crippen LogP contribution in [0.1, 0.15) is 18.4 Å². The predicted molar refractivity (Wildman–Crippen MR) is 58.9 cm³/mol. The monoisotopic (exact) mass is 207 g/mol. The lowest BCUT2D eigenvalue weighted by Gasteiger charge is -2.31. The summed E-state index contributed by atoms with van der Waals surface area (Å²) in [5.41, 5.74) is 1.12. The maximum atomic E-state index is 13.0. The van der Waals surface area contributed by atoms with Crippen LogP contribution in [-0.4, -0.2) is 13.1 Å². The summed E-state index contributed by atoms with van der Waals surface area (Å²) >= 11 is 0. The maximum Gasteiger partial charge on any atom is 0.123 e. The van der Waals surface area contributed by atoms with E-state index in [1.807, 2.05) is 6.07 Å². The third-order valence-electron chi connectivity index (χ3n) is 3.13. The van der Waals surface area contributed by atoms with Crippen LogP contribution in [0.3, 0.4) is 0 Å². The molecule has 1 fully saturated rings. The van der Waals surface area contributed by atoms with Crippen molar-refractivity contribution in [2.75, 3.05) is 13.1 Å². The van der Waals surface area contributed by atoms with Gasteiger partial charge >= 0.3 is 0 Å². The Morgan fingerprint density at radius 2 is 2.33 bits per heavy atom. The molecule has 1 N–H and O–H groups in total. The van der Waals surface area contributed by atoms with Crippen LogP contribution in [0.2, 0.25) is 0 Å². The Morgan fingerprint density at radius 1 is 1.47 bits per heavy atom. The standard InChI is InChI=1S/C13H18FN/c1-15-7-3-5-12(10-15)8-11-4-2-6-13(14)9-11/h2,4,6,9,12,15H,1,3,5,7-8,10H2. The van der Waals surface area contributed by atoms with Crippen LogP contribution < -0.4 is 4.90 Å². The van der Waals surface area contributed by atoms with E-state index in [0.717, 1.165) is 18.5 Å². The zero-order valence-corrected chi connectivity index (χ0v) is 9.01. The van der Waals surface area contributed by atoms with Gasteiger partial charge in [0.25, 0.3) is 0 Å². The van der Waals surface area contributed by atoms with Crippen molar-refractivity contribution in [3.8, 4) is 0 Å². The molecule has 1 aromatic carbocycles. The average Bonchev–Trinajstić information content (AvgIpc) is 2.17. The SMILES string of the molecule is [CH2-][NH+]1CCCC(Cc2cccc(F)c2)C1. The molecule has 1 nitrogen and oxygen atoms in total. The maximum absolute atomic E-state index is 13.0. The van der Waals surface area contributed by atoms with E-state index in [2.05, 4.69) is 7.05 Å². The van der Waals surface area contributed by atoms with E-state index in [0.29, 0.717) is 5.92 Å². The van der Waals surface area contributed by atoms with Crippen molar-refractivity contribution in [3.63, 3.8) is 0 Å². The van der Waals surface area contributed by atoms with Gasteiger partial charge in [-0.25, -0.2) is 4.39 Å². The minimum Gasteiger partial charge on any atom is -0.468 e. The van der Waals surface area contributed by atoms with E-state index >= 15 is 0 Å². The summed E-state index contributed by atoms with van der Waals surface area (Å²) in [6.07, 6.45) is 3.51. The number of hydrogen-bond acceptors (Lipinski definition) is 0. The fourth-order valence-electron chi connectivity index (χ4n) is 2.42. The molecule has 0 bridgehead atoms. The third-order valence-corrected chi connectivity index (χ3v) is 3.13. The molecule has 0 aromatic heterocycles. The number of nitrogens with one attached hydrogen (secondary N) is 1. The minimum absolute atomic E-state index is 0.123. The van der Waals surface area contributed by atoms with Gasteiger partial charge in [-0.2, -0.15) is 7.05 Å². The van der Waals surface area contributed by atoms with E-state index < -0.39 is 0 Å². The van der Waals surface area contributed by atoms with Crippen molar-refractivity contribution in [1.29, 1.82) is 0 Å². The smallest absolute Gasteiger partial charge is 0.123 e. The average molecular weight is 207 g/mol. The summed E-state index contributed by atoms with van der Waals surface area (Å²) in [7, 11) is 4.05. The van der Waals surface area contributed by atoms with E-state index in [1.165, 1.54) is 30.4 Å². The molecular formula is C13H18FN. The first-order valence-electron chi connectivity index (χ1n) is 5.65. The molecule has 0 radical (unpaired) electrons. The summed E-state index contributed by atoms with van der Waals surface area (Å²) in [5, 5.41) is 0. The Morgan fingerprint density at radius 3 is 3.07 bits per heavy atom. The highest BCUT2D eigenvalue weighted by atomic mass is 19.1. The lowest BCUT2D eigenvalue weighted by Crippen LogP contribution is -3.08. The molecule has 0 saturated carbocycles. The molecule has 0 aliphatic carbocycles. The highest BCUT2D eigenvalue weighted by Gasteiger charge is 2.17. The van der Waals surface area contributed by atoms with Gasteiger partial charge in [-0.3, -0.25) is 0 Å². The Bertz CT molecular complexity index is 324. The van der Waals surface area contributed by atoms with Crippen LogP contribution in [0, 0.1) is 18.8 Å². The Kier molecular flexibility index (Phi) is 3.37. The molecule has 1 heterocycles. The summed E-state index contributed by atoms with van der Waals surface area (Å²) in [6.45, 7) is 2.30. The quantitative estimate of drug-likeness (QED) is 0.700. The molecule has 0 spiro atoms. The van der Waals surface area contributed by atoms with E-state index in [9.17, 15) is 4.39 Å². The van der Waals surface area contributed by atoms with Gasteiger partial charge in [-0.15, -0.1) is 0 Å². The summed E-state index contributed by atoms with van der Waals surface area (Å²) in [6, 6.07) is 6.96. The van der Waals surface area contributed by atoms with Crippen molar-refractivity contribution in [2.24, 2.45) is 5.92 Å². The largest absolute Gasteiger partial charge is 0.468 e. The van der Waals surface area contributed by atoms with Crippen LogP contribution in [0.5, 0.6) is 0 Å².